The third-order valence-electron chi connectivity index (χ3n) is 3.13. The Morgan fingerprint density at radius 2 is 2.00 bits per heavy atom. The molecule has 0 fully saturated rings. The number of hydrogen-bond donors (Lipinski definition) is 3. The molecule has 0 aliphatic heterocycles. The Morgan fingerprint density at radius 3 is 2.58 bits per heavy atom. The van der Waals surface area contributed by atoms with E-state index in [4.69, 9.17) is 0 Å². The Hall–Kier alpha value is -1.95. The zero-order valence-electron chi connectivity index (χ0n) is 11.6. The van der Waals surface area contributed by atoms with Gasteiger partial charge in [0.15, 0.2) is 0 Å². The minimum absolute atomic E-state index is 0.0325. The summed E-state index contributed by atoms with van der Waals surface area (Å²) in [7, 11) is 0. The van der Waals surface area contributed by atoms with E-state index in [1.54, 1.807) is 19.3 Å². The first kappa shape index (κ1) is 13.5. The zero-order valence-corrected chi connectivity index (χ0v) is 11.6. The second kappa shape index (κ2) is 5.36. The van der Waals surface area contributed by atoms with Crippen LogP contribution in [0.5, 0.6) is 0 Å². The Labute approximate surface area is 111 Å². The Bertz CT molecular complexity index is 602. The van der Waals surface area contributed by atoms with Gasteiger partial charge in [-0.2, -0.15) is 0 Å². The molecule has 0 aliphatic carbocycles. The van der Waals surface area contributed by atoms with Crippen LogP contribution in [0.4, 0.5) is 0 Å². The van der Waals surface area contributed by atoms with Crippen LogP contribution >= 0.6 is 0 Å². The van der Waals surface area contributed by atoms with E-state index in [1.165, 1.54) is 0 Å². The first-order chi connectivity index (χ1) is 8.99. The summed E-state index contributed by atoms with van der Waals surface area (Å²) in [6.45, 7) is 7.59. The lowest BCUT2D eigenvalue weighted by Gasteiger charge is -2.19. The minimum Gasteiger partial charge on any atom is -0.347 e. The number of hydrogen-bond acceptors (Lipinski definition) is 4. The Morgan fingerprint density at radius 1 is 1.26 bits per heavy atom. The molecule has 19 heavy (non-hydrogen) atoms. The molecule has 2 atom stereocenters. The molecule has 0 aliphatic rings. The number of nitrogens with zero attached hydrogens (tertiary/aromatic N) is 2. The molecule has 2 heterocycles. The fourth-order valence-electron chi connectivity index (χ4n) is 2.30. The minimum atomic E-state index is -0.100. The highest BCUT2D eigenvalue weighted by atomic mass is 16.1. The highest BCUT2D eigenvalue weighted by molar-refractivity contribution is 5.20. The summed E-state index contributed by atoms with van der Waals surface area (Å²) in [6, 6.07) is -0.0675. The van der Waals surface area contributed by atoms with Gasteiger partial charge >= 0.3 is 0 Å². The number of aromatic amines is 2. The molecule has 0 amide bonds. The van der Waals surface area contributed by atoms with Gasteiger partial charge in [-0.3, -0.25) is 4.79 Å². The van der Waals surface area contributed by atoms with Gasteiger partial charge < -0.3 is 15.3 Å². The van der Waals surface area contributed by atoms with Crippen LogP contribution < -0.4 is 10.9 Å². The highest BCUT2D eigenvalue weighted by Gasteiger charge is 2.18. The molecule has 102 valence electrons. The van der Waals surface area contributed by atoms with E-state index < -0.39 is 0 Å². The molecule has 0 spiro atoms. The topological polar surface area (TPSA) is 86.5 Å². The Balaban J connectivity index is 2.21. The molecule has 0 radical (unpaired) electrons. The van der Waals surface area contributed by atoms with E-state index >= 15 is 0 Å². The lowest BCUT2D eigenvalue weighted by Crippen LogP contribution is -2.30. The van der Waals surface area contributed by atoms with E-state index in [1.807, 2.05) is 20.8 Å². The summed E-state index contributed by atoms with van der Waals surface area (Å²) in [5.74, 6) is 1.48. The predicted octanol–water partition coefficient (Wildman–Crippen LogP) is 1.52. The van der Waals surface area contributed by atoms with Crippen LogP contribution in [0.15, 0.2) is 17.2 Å². The number of imidazole rings is 1. The van der Waals surface area contributed by atoms with Crippen LogP contribution in [0, 0.1) is 13.8 Å². The van der Waals surface area contributed by atoms with Crippen LogP contribution in [0.25, 0.3) is 0 Å². The van der Waals surface area contributed by atoms with Crippen LogP contribution in [0.2, 0.25) is 0 Å². The van der Waals surface area contributed by atoms with Crippen molar-refractivity contribution in [3.8, 4) is 0 Å². The average Bonchev–Trinajstić information content (AvgIpc) is 2.80. The van der Waals surface area contributed by atoms with Gasteiger partial charge in [0.1, 0.15) is 11.6 Å². The smallest absolute Gasteiger partial charge is 0.255 e. The number of nitrogens with one attached hydrogen (secondary N) is 3. The molecule has 0 saturated heterocycles. The molecule has 2 aromatic heterocycles. The fraction of sp³-hybridized carbons (Fsp3) is 0.462. The van der Waals surface area contributed by atoms with Gasteiger partial charge in [-0.1, -0.05) is 0 Å². The summed E-state index contributed by atoms with van der Waals surface area (Å²) < 4.78 is 0. The van der Waals surface area contributed by atoms with Crippen molar-refractivity contribution in [3.05, 3.63) is 45.7 Å². The van der Waals surface area contributed by atoms with Crippen molar-refractivity contribution < 1.29 is 0 Å². The molecule has 0 aromatic carbocycles. The second-order valence-electron chi connectivity index (χ2n) is 4.73. The Kier molecular flexibility index (Phi) is 3.80. The molecular formula is C13H19N5O. The van der Waals surface area contributed by atoms with Crippen molar-refractivity contribution in [3.63, 3.8) is 0 Å². The van der Waals surface area contributed by atoms with E-state index in [-0.39, 0.29) is 17.6 Å². The first-order valence-electron chi connectivity index (χ1n) is 6.31. The van der Waals surface area contributed by atoms with Crippen LogP contribution in [-0.4, -0.2) is 19.9 Å². The lowest BCUT2D eigenvalue weighted by atomic mass is 10.1. The van der Waals surface area contributed by atoms with Crippen molar-refractivity contribution in [2.45, 2.75) is 39.8 Å². The van der Waals surface area contributed by atoms with Gasteiger partial charge in [-0.25, -0.2) is 9.97 Å². The monoisotopic (exact) mass is 261 g/mol. The van der Waals surface area contributed by atoms with Crippen LogP contribution in [-0.2, 0) is 0 Å². The standard InChI is InChI=1S/C13H19N5O/c1-7(16-9(3)12-14-5-6-15-12)11-8(2)17-10(4)18-13(11)19/h5-7,9,16H,1-4H3,(H,14,15)(H,17,18,19). The normalized spacial score (nSPS) is 14.3. The van der Waals surface area contributed by atoms with Crippen molar-refractivity contribution in [2.75, 3.05) is 0 Å². The van der Waals surface area contributed by atoms with E-state index in [0.717, 1.165) is 11.5 Å². The number of aromatic nitrogens is 4. The van der Waals surface area contributed by atoms with Crippen molar-refractivity contribution in [2.24, 2.45) is 0 Å². The molecule has 2 rings (SSSR count). The molecule has 0 saturated carbocycles. The van der Waals surface area contributed by atoms with Gasteiger partial charge in [-0.15, -0.1) is 0 Å². The van der Waals surface area contributed by atoms with E-state index in [2.05, 4.69) is 25.3 Å². The SMILES string of the molecule is Cc1nc(C)c(C(C)NC(C)c2ncc[nH]2)c(=O)[nH]1. The fourth-order valence-corrected chi connectivity index (χ4v) is 2.30. The van der Waals surface area contributed by atoms with Crippen molar-refractivity contribution >= 4 is 0 Å². The molecular weight excluding hydrogens is 242 g/mol. The summed E-state index contributed by atoms with van der Waals surface area (Å²) in [4.78, 5) is 26.3. The largest absolute Gasteiger partial charge is 0.347 e. The first-order valence-corrected chi connectivity index (χ1v) is 6.31. The third kappa shape index (κ3) is 2.90. The summed E-state index contributed by atoms with van der Waals surface area (Å²) in [5.41, 5.74) is 1.34. The van der Waals surface area contributed by atoms with Gasteiger partial charge in [0.25, 0.3) is 5.56 Å². The maximum absolute atomic E-state index is 12.0. The van der Waals surface area contributed by atoms with Crippen LogP contribution in [0.1, 0.15) is 48.8 Å². The molecule has 6 nitrogen and oxygen atoms in total. The predicted molar refractivity (Wildman–Crippen MR) is 72.9 cm³/mol. The van der Waals surface area contributed by atoms with E-state index in [0.29, 0.717) is 11.4 Å². The molecule has 3 N–H and O–H groups in total. The van der Waals surface area contributed by atoms with Gasteiger partial charge in [0.2, 0.25) is 0 Å². The van der Waals surface area contributed by atoms with Gasteiger partial charge in [0, 0.05) is 24.1 Å². The van der Waals surface area contributed by atoms with Crippen molar-refractivity contribution in [1.82, 2.24) is 25.3 Å². The summed E-state index contributed by atoms with van der Waals surface area (Å²) in [6.07, 6.45) is 3.49. The zero-order chi connectivity index (χ0) is 14.0. The highest BCUT2D eigenvalue weighted by Crippen LogP contribution is 2.16. The maximum atomic E-state index is 12.0. The molecule has 0 bridgehead atoms. The number of rotatable bonds is 4. The second-order valence-corrected chi connectivity index (χ2v) is 4.73. The molecule has 2 unspecified atom stereocenters. The number of aryl methyl sites for hydroxylation is 2. The van der Waals surface area contributed by atoms with Gasteiger partial charge in [0.05, 0.1) is 11.6 Å². The quantitative estimate of drug-likeness (QED) is 0.779. The molecule has 6 heteroatoms. The molecule has 2 aromatic rings. The average molecular weight is 261 g/mol. The summed E-state index contributed by atoms with van der Waals surface area (Å²) in [5, 5.41) is 3.35. The number of H-pyrrole nitrogens is 2. The van der Waals surface area contributed by atoms with E-state index in [9.17, 15) is 4.79 Å². The lowest BCUT2D eigenvalue weighted by molar-refractivity contribution is 0.473. The van der Waals surface area contributed by atoms with Gasteiger partial charge in [-0.05, 0) is 27.7 Å². The summed E-state index contributed by atoms with van der Waals surface area (Å²) >= 11 is 0. The van der Waals surface area contributed by atoms with Crippen LogP contribution in [0.3, 0.4) is 0 Å². The van der Waals surface area contributed by atoms with Crippen molar-refractivity contribution in [1.29, 1.82) is 0 Å². The third-order valence-corrected chi connectivity index (χ3v) is 3.13. The maximum Gasteiger partial charge on any atom is 0.255 e.